The van der Waals surface area contributed by atoms with Gasteiger partial charge in [-0.2, -0.15) is 0 Å². The first-order valence-electron chi connectivity index (χ1n) is 9.10. The van der Waals surface area contributed by atoms with Gasteiger partial charge in [-0.25, -0.2) is 13.1 Å². The van der Waals surface area contributed by atoms with E-state index in [-0.39, 0.29) is 23.8 Å². The Morgan fingerprint density at radius 3 is 2.26 bits per heavy atom. The number of benzene rings is 2. The Balaban J connectivity index is 1.47. The molecule has 0 aliphatic carbocycles. The summed E-state index contributed by atoms with van der Waals surface area (Å²) in [5.74, 6) is -0.0183. The molecule has 27 heavy (non-hydrogen) atoms. The van der Waals surface area contributed by atoms with Gasteiger partial charge in [-0.3, -0.25) is 4.79 Å². The molecule has 144 valence electrons. The molecule has 0 atom stereocenters. The third-order valence-corrected chi connectivity index (χ3v) is 6.25. The van der Waals surface area contributed by atoms with Crippen molar-refractivity contribution >= 4 is 21.6 Å². The largest absolute Gasteiger partial charge is 0.368 e. The zero-order valence-corrected chi connectivity index (χ0v) is 16.3. The van der Waals surface area contributed by atoms with Crippen LogP contribution in [0.1, 0.15) is 12.0 Å². The van der Waals surface area contributed by atoms with Gasteiger partial charge in [0.2, 0.25) is 15.9 Å². The van der Waals surface area contributed by atoms with Crippen LogP contribution in [0.3, 0.4) is 0 Å². The van der Waals surface area contributed by atoms with Crippen LogP contribution in [0.25, 0.3) is 0 Å². The summed E-state index contributed by atoms with van der Waals surface area (Å²) in [6, 6.07) is 16.4. The molecule has 0 saturated carbocycles. The lowest BCUT2D eigenvalue weighted by molar-refractivity contribution is -0.131. The molecule has 6 nitrogen and oxygen atoms in total. The molecule has 7 heteroatoms. The monoisotopic (exact) mass is 387 g/mol. The molecule has 3 rings (SSSR count). The number of nitrogens with one attached hydrogen (secondary N) is 1. The number of hydrogen-bond acceptors (Lipinski definition) is 4. The average molecular weight is 388 g/mol. The van der Waals surface area contributed by atoms with Crippen molar-refractivity contribution in [1.82, 2.24) is 9.62 Å². The van der Waals surface area contributed by atoms with E-state index in [0.29, 0.717) is 13.1 Å². The van der Waals surface area contributed by atoms with Crippen molar-refractivity contribution in [3.05, 3.63) is 60.2 Å². The van der Waals surface area contributed by atoms with Crippen molar-refractivity contribution in [1.29, 1.82) is 0 Å². The van der Waals surface area contributed by atoms with Gasteiger partial charge in [0, 0.05) is 44.8 Å². The van der Waals surface area contributed by atoms with Gasteiger partial charge in [0.1, 0.15) is 0 Å². The molecule has 1 aliphatic rings. The number of carbonyl (C=O) groups excluding carboxylic acids is 1. The van der Waals surface area contributed by atoms with Crippen LogP contribution in [-0.2, 0) is 14.8 Å². The zero-order valence-electron chi connectivity index (χ0n) is 15.5. The molecule has 1 amide bonds. The third-order valence-electron chi connectivity index (χ3n) is 4.77. The van der Waals surface area contributed by atoms with Gasteiger partial charge >= 0.3 is 0 Å². The molecule has 0 radical (unpaired) electrons. The highest BCUT2D eigenvalue weighted by molar-refractivity contribution is 7.89. The van der Waals surface area contributed by atoms with E-state index in [1.807, 2.05) is 17.0 Å². The van der Waals surface area contributed by atoms with Crippen molar-refractivity contribution in [3.63, 3.8) is 0 Å². The standard InChI is InChI=1S/C20H25N3O3S/c1-17-7-5-6-10-19(17)22-13-15-23(16-14-22)20(24)11-12-21-27(25,26)18-8-3-2-4-9-18/h2-10,21H,11-16H2,1H3. The van der Waals surface area contributed by atoms with E-state index in [1.165, 1.54) is 23.4 Å². The Kier molecular flexibility index (Phi) is 6.13. The zero-order chi connectivity index (χ0) is 19.3. The molecular formula is C20H25N3O3S. The Bertz CT molecular complexity index is 876. The Labute approximate surface area is 160 Å². The normalized spacial score (nSPS) is 15.0. The molecule has 1 heterocycles. The lowest BCUT2D eigenvalue weighted by Crippen LogP contribution is -2.49. The molecule has 2 aromatic rings. The Morgan fingerprint density at radius 1 is 0.963 bits per heavy atom. The number of rotatable bonds is 6. The quantitative estimate of drug-likeness (QED) is 0.823. The molecule has 0 unspecified atom stereocenters. The van der Waals surface area contributed by atoms with Crippen LogP contribution in [0.4, 0.5) is 5.69 Å². The number of nitrogens with zero attached hydrogens (tertiary/aromatic N) is 2. The molecule has 1 N–H and O–H groups in total. The highest BCUT2D eigenvalue weighted by Crippen LogP contribution is 2.20. The van der Waals surface area contributed by atoms with Gasteiger partial charge in [0.05, 0.1) is 4.90 Å². The molecule has 1 saturated heterocycles. The summed E-state index contributed by atoms with van der Waals surface area (Å²) in [6.07, 6.45) is 0.163. The topological polar surface area (TPSA) is 69.7 Å². The van der Waals surface area contributed by atoms with Gasteiger partial charge in [-0.05, 0) is 30.7 Å². The maximum atomic E-state index is 12.4. The van der Waals surface area contributed by atoms with E-state index in [2.05, 4.69) is 28.7 Å². The van der Waals surface area contributed by atoms with E-state index < -0.39 is 10.0 Å². The maximum Gasteiger partial charge on any atom is 0.240 e. The van der Waals surface area contributed by atoms with Crippen LogP contribution in [0, 0.1) is 6.92 Å². The predicted octanol–water partition coefficient (Wildman–Crippen LogP) is 2.01. The average Bonchev–Trinajstić information content (AvgIpc) is 2.69. The number of sulfonamides is 1. The smallest absolute Gasteiger partial charge is 0.240 e. The van der Waals surface area contributed by atoms with Crippen molar-refractivity contribution in [2.24, 2.45) is 0 Å². The molecule has 1 fully saturated rings. The minimum atomic E-state index is -3.57. The van der Waals surface area contributed by atoms with Crippen molar-refractivity contribution in [2.45, 2.75) is 18.2 Å². The second-order valence-electron chi connectivity index (χ2n) is 6.62. The van der Waals surface area contributed by atoms with Crippen molar-refractivity contribution < 1.29 is 13.2 Å². The Hall–Kier alpha value is -2.38. The highest BCUT2D eigenvalue weighted by Gasteiger charge is 2.22. The summed E-state index contributed by atoms with van der Waals surface area (Å²) < 4.78 is 26.9. The summed E-state index contributed by atoms with van der Waals surface area (Å²) in [6.45, 7) is 5.07. The minimum Gasteiger partial charge on any atom is -0.368 e. The number of para-hydroxylation sites is 1. The lowest BCUT2D eigenvalue weighted by atomic mass is 10.1. The highest BCUT2D eigenvalue weighted by atomic mass is 32.2. The number of amides is 1. The number of hydrogen-bond donors (Lipinski definition) is 1. The first-order chi connectivity index (χ1) is 13.0. The van der Waals surface area contributed by atoms with Crippen LogP contribution in [0.2, 0.25) is 0 Å². The van der Waals surface area contributed by atoms with Crippen LogP contribution >= 0.6 is 0 Å². The van der Waals surface area contributed by atoms with Crippen molar-refractivity contribution in [3.8, 4) is 0 Å². The van der Waals surface area contributed by atoms with Gasteiger partial charge < -0.3 is 9.80 Å². The van der Waals surface area contributed by atoms with Gasteiger partial charge in [-0.15, -0.1) is 0 Å². The summed E-state index contributed by atoms with van der Waals surface area (Å²) >= 11 is 0. The van der Waals surface area contributed by atoms with Crippen LogP contribution < -0.4 is 9.62 Å². The third kappa shape index (κ3) is 4.87. The minimum absolute atomic E-state index is 0.0183. The summed E-state index contributed by atoms with van der Waals surface area (Å²) in [5, 5.41) is 0. The van der Waals surface area contributed by atoms with E-state index in [0.717, 1.165) is 13.1 Å². The SMILES string of the molecule is Cc1ccccc1N1CCN(C(=O)CCNS(=O)(=O)c2ccccc2)CC1. The fraction of sp³-hybridized carbons (Fsp3) is 0.350. The molecule has 0 spiro atoms. The molecule has 0 aromatic heterocycles. The second kappa shape index (κ2) is 8.54. The van der Waals surface area contributed by atoms with Gasteiger partial charge in [0.15, 0.2) is 0 Å². The number of aryl methyl sites for hydroxylation is 1. The number of anilines is 1. The lowest BCUT2D eigenvalue weighted by Gasteiger charge is -2.36. The van der Waals surface area contributed by atoms with E-state index in [9.17, 15) is 13.2 Å². The first-order valence-corrected chi connectivity index (χ1v) is 10.6. The number of carbonyl (C=O) groups is 1. The first kappa shape index (κ1) is 19.4. The predicted molar refractivity (Wildman–Crippen MR) is 106 cm³/mol. The fourth-order valence-corrected chi connectivity index (χ4v) is 4.30. The Morgan fingerprint density at radius 2 is 1.59 bits per heavy atom. The van der Waals surface area contributed by atoms with E-state index in [4.69, 9.17) is 0 Å². The maximum absolute atomic E-state index is 12.4. The van der Waals surface area contributed by atoms with Crippen LogP contribution in [0.5, 0.6) is 0 Å². The van der Waals surface area contributed by atoms with Crippen molar-refractivity contribution in [2.75, 3.05) is 37.6 Å². The van der Waals surface area contributed by atoms with Crippen LogP contribution in [0.15, 0.2) is 59.5 Å². The molecule has 2 aromatic carbocycles. The molecule has 1 aliphatic heterocycles. The number of piperazine rings is 1. The van der Waals surface area contributed by atoms with E-state index >= 15 is 0 Å². The van der Waals surface area contributed by atoms with Gasteiger partial charge in [-0.1, -0.05) is 36.4 Å². The van der Waals surface area contributed by atoms with E-state index in [1.54, 1.807) is 18.2 Å². The summed E-state index contributed by atoms with van der Waals surface area (Å²) in [5.41, 5.74) is 2.44. The van der Waals surface area contributed by atoms with Gasteiger partial charge in [0.25, 0.3) is 0 Å². The molecule has 0 bridgehead atoms. The fourth-order valence-electron chi connectivity index (χ4n) is 3.25. The second-order valence-corrected chi connectivity index (χ2v) is 8.38. The van der Waals surface area contributed by atoms with Crippen LogP contribution in [-0.4, -0.2) is 51.9 Å². The summed E-state index contributed by atoms with van der Waals surface area (Å²) in [4.78, 5) is 16.7. The molecular weight excluding hydrogens is 362 g/mol. The summed E-state index contributed by atoms with van der Waals surface area (Å²) in [7, 11) is -3.57.